The van der Waals surface area contributed by atoms with Gasteiger partial charge in [0, 0.05) is 11.1 Å². The van der Waals surface area contributed by atoms with Gasteiger partial charge in [-0.1, -0.05) is 66.2 Å². The van der Waals surface area contributed by atoms with Crippen molar-refractivity contribution in [1.82, 2.24) is 0 Å². The van der Waals surface area contributed by atoms with Gasteiger partial charge in [-0.05, 0) is 23.8 Å². The second-order valence-electron chi connectivity index (χ2n) is 8.50. The van der Waals surface area contributed by atoms with Gasteiger partial charge in [-0.2, -0.15) is 0 Å². The van der Waals surface area contributed by atoms with Crippen molar-refractivity contribution in [2.45, 2.75) is 11.7 Å². The zero-order valence-electron chi connectivity index (χ0n) is 17.4. The number of anilines is 1. The van der Waals surface area contributed by atoms with Gasteiger partial charge in [0.25, 0.3) is 0 Å². The molecule has 168 valence electrons. The summed E-state index contributed by atoms with van der Waals surface area (Å²) in [5.41, 5.74) is -1.22. The zero-order valence-corrected chi connectivity index (χ0v) is 18.2. The zero-order chi connectivity index (χ0) is 23.8. The first-order chi connectivity index (χ1) is 16.4. The van der Waals surface area contributed by atoms with Gasteiger partial charge < -0.3 is 4.74 Å². The van der Waals surface area contributed by atoms with Crippen LogP contribution in [0.2, 0.25) is 5.02 Å². The molecule has 2 saturated heterocycles. The predicted octanol–water partition coefficient (Wildman–Crippen LogP) is 4.17. The lowest BCUT2D eigenvalue weighted by atomic mass is 9.77. The van der Waals surface area contributed by atoms with Crippen LogP contribution in [0.4, 0.5) is 10.1 Å². The number of hydrogen-bond acceptors (Lipinski definition) is 5. The van der Waals surface area contributed by atoms with Crippen molar-refractivity contribution in [2.75, 3.05) is 4.90 Å². The molecule has 3 aromatic rings. The molecule has 3 aliphatic rings. The Labute approximate surface area is 197 Å². The number of rotatable bonds is 2. The minimum absolute atomic E-state index is 0.0631. The molecule has 6 rings (SSSR count). The summed E-state index contributed by atoms with van der Waals surface area (Å²) in [6.45, 7) is 0. The molecule has 3 atom stereocenters. The van der Waals surface area contributed by atoms with Crippen molar-refractivity contribution in [3.63, 3.8) is 0 Å². The van der Waals surface area contributed by atoms with E-state index >= 15 is 0 Å². The van der Waals surface area contributed by atoms with Crippen LogP contribution in [-0.4, -0.2) is 29.0 Å². The van der Waals surface area contributed by atoms with Crippen molar-refractivity contribution < 1.29 is 28.3 Å². The Balaban J connectivity index is 1.55. The van der Waals surface area contributed by atoms with Crippen LogP contribution in [0.25, 0.3) is 0 Å². The predicted molar refractivity (Wildman–Crippen MR) is 119 cm³/mol. The van der Waals surface area contributed by atoms with E-state index in [1.165, 1.54) is 24.3 Å². The van der Waals surface area contributed by atoms with E-state index in [1.807, 2.05) is 0 Å². The minimum atomic E-state index is -2.15. The summed E-state index contributed by atoms with van der Waals surface area (Å²) in [5.74, 6) is -5.88. The van der Waals surface area contributed by atoms with Crippen molar-refractivity contribution >= 4 is 40.7 Å². The van der Waals surface area contributed by atoms with Crippen molar-refractivity contribution in [3.05, 3.63) is 100 Å². The van der Waals surface area contributed by atoms with Gasteiger partial charge in [0.1, 0.15) is 5.82 Å². The summed E-state index contributed by atoms with van der Waals surface area (Å²) in [5, 5.41) is -0.263. The van der Waals surface area contributed by atoms with E-state index in [0.29, 0.717) is 5.56 Å². The van der Waals surface area contributed by atoms with Crippen LogP contribution in [0.15, 0.2) is 72.8 Å². The van der Waals surface area contributed by atoms with Gasteiger partial charge in [0.05, 0.1) is 28.6 Å². The van der Waals surface area contributed by atoms with E-state index in [9.17, 15) is 23.6 Å². The van der Waals surface area contributed by atoms with Crippen molar-refractivity contribution in [3.8, 4) is 0 Å². The molecular weight excluding hydrogens is 461 g/mol. The van der Waals surface area contributed by atoms with E-state index < -0.39 is 52.7 Å². The number of carbonyl (C=O) groups excluding carboxylic acids is 4. The number of ether oxygens (including phenoxy) is 1. The Morgan fingerprint density at radius 2 is 1.44 bits per heavy atom. The number of ketones is 2. The minimum Gasteiger partial charge on any atom is -0.349 e. The second-order valence-corrected chi connectivity index (χ2v) is 8.91. The highest BCUT2D eigenvalue weighted by atomic mass is 35.5. The first-order valence-corrected chi connectivity index (χ1v) is 11.0. The summed E-state index contributed by atoms with van der Waals surface area (Å²) in [6, 6.07) is 18.4. The molecule has 3 aromatic carbocycles. The lowest BCUT2D eigenvalue weighted by molar-refractivity contribution is -0.127. The maximum absolute atomic E-state index is 13.8. The first-order valence-electron chi connectivity index (χ1n) is 10.6. The molecule has 34 heavy (non-hydrogen) atoms. The average Bonchev–Trinajstić information content (AvgIpc) is 3.42. The smallest absolute Gasteiger partial charge is 0.241 e. The fraction of sp³-hybridized carbons (Fsp3) is 0.154. The number of carbonyl (C=O) groups is 4. The largest absolute Gasteiger partial charge is 0.349 e. The summed E-state index contributed by atoms with van der Waals surface area (Å²) < 4.78 is 19.9. The fourth-order valence-corrected chi connectivity index (χ4v) is 5.51. The number of fused-ring (bicyclic) bond motifs is 3. The third-order valence-corrected chi connectivity index (χ3v) is 7.10. The molecule has 0 radical (unpaired) electrons. The molecule has 2 heterocycles. The quantitative estimate of drug-likeness (QED) is 0.410. The maximum atomic E-state index is 13.8. The van der Waals surface area contributed by atoms with Gasteiger partial charge in [-0.15, -0.1) is 0 Å². The van der Waals surface area contributed by atoms with E-state index in [1.54, 1.807) is 42.5 Å². The maximum Gasteiger partial charge on any atom is 0.241 e. The number of hydrogen-bond donors (Lipinski definition) is 0. The van der Waals surface area contributed by atoms with E-state index in [4.69, 9.17) is 16.3 Å². The second kappa shape index (κ2) is 7.16. The summed E-state index contributed by atoms with van der Waals surface area (Å²) >= 11 is 5.90. The number of imide groups is 1. The van der Waals surface area contributed by atoms with Crippen LogP contribution in [0, 0.1) is 17.7 Å². The van der Waals surface area contributed by atoms with Crippen LogP contribution in [0.3, 0.4) is 0 Å². The molecule has 8 heteroatoms. The number of halogens is 2. The first kappa shape index (κ1) is 20.9. The van der Waals surface area contributed by atoms with Gasteiger partial charge in [-0.25, -0.2) is 9.29 Å². The molecule has 0 aromatic heterocycles. The number of benzene rings is 3. The number of Topliss-reactive ketones (excluding diaryl/α,β-unsaturated/α-hetero) is 2. The molecule has 1 spiro atoms. The highest BCUT2D eigenvalue weighted by Gasteiger charge is 2.74. The molecule has 1 aliphatic carbocycles. The molecule has 0 bridgehead atoms. The molecule has 2 aliphatic heterocycles. The van der Waals surface area contributed by atoms with Crippen molar-refractivity contribution in [1.29, 1.82) is 0 Å². The van der Waals surface area contributed by atoms with E-state index in [2.05, 4.69) is 0 Å². The lowest BCUT2D eigenvalue weighted by Gasteiger charge is -2.27. The fourth-order valence-electron chi connectivity index (χ4n) is 5.34. The standard InChI is InChI=1S/C26H15ClFNO5/c27-17-12-14(10-11-18(17)28)29-24(32)19-20(25(29)33)26(34-21(19)13-6-2-1-3-7-13)22(30)15-8-4-5-9-16(15)23(26)31/h1-12,19-21H/t19-,20+,21-/m0/s1. The highest BCUT2D eigenvalue weighted by molar-refractivity contribution is 6.37. The third kappa shape index (κ3) is 2.53. The van der Waals surface area contributed by atoms with Gasteiger partial charge in [-0.3, -0.25) is 19.2 Å². The van der Waals surface area contributed by atoms with E-state index in [0.717, 1.165) is 11.0 Å². The Morgan fingerprint density at radius 1 is 0.824 bits per heavy atom. The summed E-state index contributed by atoms with van der Waals surface area (Å²) in [6.07, 6.45) is -1.01. The topological polar surface area (TPSA) is 80.8 Å². The molecule has 2 amide bonds. The monoisotopic (exact) mass is 475 g/mol. The normalized spacial score (nSPS) is 24.8. The molecule has 0 N–H and O–H groups in total. The Hall–Kier alpha value is -3.68. The van der Waals surface area contributed by atoms with Crippen molar-refractivity contribution in [2.24, 2.45) is 11.8 Å². The number of nitrogens with zero attached hydrogens (tertiary/aromatic N) is 1. The summed E-state index contributed by atoms with van der Waals surface area (Å²) in [7, 11) is 0. The Kier molecular flexibility index (Phi) is 4.40. The average molecular weight is 476 g/mol. The molecule has 6 nitrogen and oxygen atoms in total. The van der Waals surface area contributed by atoms with Crippen LogP contribution in [-0.2, 0) is 14.3 Å². The molecular formula is C26H15ClFNO5. The lowest BCUT2D eigenvalue weighted by Crippen LogP contribution is -2.51. The molecule has 2 fully saturated rings. The van der Waals surface area contributed by atoms with E-state index in [-0.39, 0.29) is 21.8 Å². The van der Waals surface area contributed by atoms with Crippen LogP contribution in [0.1, 0.15) is 32.4 Å². The van der Waals surface area contributed by atoms with Gasteiger partial charge in [0.15, 0.2) is 0 Å². The van der Waals surface area contributed by atoms with Crippen LogP contribution >= 0.6 is 11.6 Å². The molecule has 0 saturated carbocycles. The third-order valence-electron chi connectivity index (χ3n) is 6.81. The van der Waals surface area contributed by atoms with Gasteiger partial charge in [0.2, 0.25) is 29.0 Å². The SMILES string of the molecule is O=C1[C@@H]2[C@H](c3ccccc3)OC3(C(=O)c4ccccc4C3=O)[C@H]2C(=O)N1c1ccc(F)c(Cl)c1. The number of amides is 2. The van der Waals surface area contributed by atoms with Crippen LogP contribution < -0.4 is 4.90 Å². The van der Waals surface area contributed by atoms with Gasteiger partial charge >= 0.3 is 0 Å². The molecule has 0 unspecified atom stereocenters. The summed E-state index contributed by atoms with van der Waals surface area (Å²) in [4.78, 5) is 55.6. The Bertz CT molecular complexity index is 1390. The highest BCUT2D eigenvalue weighted by Crippen LogP contribution is 2.57. The van der Waals surface area contributed by atoms with Crippen LogP contribution in [0.5, 0.6) is 0 Å². The Morgan fingerprint density at radius 3 is 2.06 bits per heavy atom.